The van der Waals surface area contributed by atoms with E-state index in [2.05, 4.69) is 0 Å². The van der Waals surface area contributed by atoms with Crippen molar-refractivity contribution < 1.29 is 23.7 Å². The zero-order valence-corrected chi connectivity index (χ0v) is 11.8. The zero-order valence-electron chi connectivity index (χ0n) is 11.8. The highest BCUT2D eigenvalue weighted by atomic mass is 16.7. The Labute approximate surface area is 114 Å². The van der Waals surface area contributed by atoms with E-state index in [-0.39, 0.29) is 13.6 Å². The van der Waals surface area contributed by atoms with E-state index in [4.69, 9.17) is 23.7 Å². The number of hydrogen-bond acceptors (Lipinski definition) is 5. The molecule has 0 N–H and O–H groups in total. The first-order chi connectivity index (χ1) is 9.33. The van der Waals surface area contributed by atoms with E-state index in [9.17, 15) is 0 Å². The maximum Gasteiger partial charge on any atom is 0.188 e. The minimum absolute atomic E-state index is 0.185. The fraction of sp³-hybridized carbons (Fsp3) is 0.571. The molecule has 0 bridgehead atoms. The van der Waals surface area contributed by atoms with Gasteiger partial charge in [-0.05, 0) is 24.5 Å². The standard InChI is InChI=1S/C14H22O5/c1-15-9-5-7-12-6-4-8-13(18-10-16-2)14(12)19-11-17-3/h4,6,8H,5,7,9-11H2,1-3H3. The van der Waals surface area contributed by atoms with Gasteiger partial charge in [-0.3, -0.25) is 0 Å². The molecule has 1 aromatic carbocycles. The van der Waals surface area contributed by atoms with Crippen LogP contribution in [0.2, 0.25) is 0 Å². The number of rotatable bonds is 10. The van der Waals surface area contributed by atoms with Gasteiger partial charge in [-0.1, -0.05) is 12.1 Å². The summed E-state index contributed by atoms with van der Waals surface area (Å²) >= 11 is 0. The lowest BCUT2D eigenvalue weighted by atomic mass is 10.1. The van der Waals surface area contributed by atoms with Crippen LogP contribution < -0.4 is 9.47 Å². The molecule has 0 saturated carbocycles. The summed E-state index contributed by atoms with van der Waals surface area (Å²) in [6, 6.07) is 5.80. The van der Waals surface area contributed by atoms with Gasteiger partial charge in [0.2, 0.25) is 0 Å². The van der Waals surface area contributed by atoms with Crippen LogP contribution in [0.25, 0.3) is 0 Å². The molecule has 0 aliphatic carbocycles. The van der Waals surface area contributed by atoms with Crippen molar-refractivity contribution in [3.8, 4) is 11.5 Å². The predicted molar refractivity (Wildman–Crippen MR) is 71.6 cm³/mol. The number of benzene rings is 1. The highest BCUT2D eigenvalue weighted by Crippen LogP contribution is 2.32. The lowest BCUT2D eigenvalue weighted by Crippen LogP contribution is -2.07. The van der Waals surface area contributed by atoms with Crippen molar-refractivity contribution in [1.29, 1.82) is 0 Å². The second-order valence-electron chi connectivity index (χ2n) is 3.94. The molecule has 1 aromatic rings. The highest BCUT2D eigenvalue weighted by Gasteiger charge is 2.11. The van der Waals surface area contributed by atoms with Crippen molar-refractivity contribution in [3.63, 3.8) is 0 Å². The third-order valence-electron chi connectivity index (χ3n) is 2.51. The van der Waals surface area contributed by atoms with Crippen molar-refractivity contribution in [1.82, 2.24) is 0 Å². The highest BCUT2D eigenvalue weighted by molar-refractivity contribution is 5.46. The van der Waals surface area contributed by atoms with E-state index in [1.54, 1.807) is 21.3 Å². The van der Waals surface area contributed by atoms with Crippen molar-refractivity contribution in [3.05, 3.63) is 23.8 Å². The summed E-state index contributed by atoms with van der Waals surface area (Å²) in [5, 5.41) is 0. The van der Waals surface area contributed by atoms with Crippen LogP contribution in [0, 0.1) is 0 Å². The van der Waals surface area contributed by atoms with Gasteiger partial charge in [-0.2, -0.15) is 0 Å². The molecule has 0 saturated heterocycles. The Morgan fingerprint density at radius 1 is 0.895 bits per heavy atom. The van der Waals surface area contributed by atoms with Crippen LogP contribution in [0.5, 0.6) is 11.5 Å². The van der Waals surface area contributed by atoms with E-state index < -0.39 is 0 Å². The van der Waals surface area contributed by atoms with Gasteiger partial charge in [0.25, 0.3) is 0 Å². The predicted octanol–water partition coefficient (Wildman–Crippen LogP) is 2.23. The molecule has 0 atom stereocenters. The Balaban J connectivity index is 2.79. The Morgan fingerprint density at radius 2 is 1.63 bits per heavy atom. The summed E-state index contributed by atoms with van der Waals surface area (Å²) in [6.45, 7) is 1.09. The monoisotopic (exact) mass is 270 g/mol. The molecule has 19 heavy (non-hydrogen) atoms. The summed E-state index contributed by atoms with van der Waals surface area (Å²) in [4.78, 5) is 0. The van der Waals surface area contributed by atoms with Crippen molar-refractivity contribution in [2.24, 2.45) is 0 Å². The molecule has 1 rings (SSSR count). The lowest BCUT2D eigenvalue weighted by Gasteiger charge is -2.15. The molecule has 0 spiro atoms. The van der Waals surface area contributed by atoms with Crippen LogP contribution in [0.1, 0.15) is 12.0 Å². The summed E-state index contributed by atoms with van der Waals surface area (Å²) in [7, 11) is 4.86. The zero-order chi connectivity index (χ0) is 13.9. The van der Waals surface area contributed by atoms with Crippen molar-refractivity contribution in [2.75, 3.05) is 41.5 Å². The van der Waals surface area contributed by atoms with Crippen LogP contribution >= 0.6 is 0 Å². The maximum atomic E-state index is 5.60. The van der Waals surface area contributed by atoms with Crippen molar-refractivity contribution >= 4 is 0 Å². The van der Waals surface area contributed by atoms with Gasteiger partial charge in [0.05, 0.1) is 0 Å². The van der Waals surface area contributed by atoms with Gasteiger partial charge in [-0.25, -0.2) is 0 Å². The molecule has 0 aliphatic rings. The molecule has 0 aromatic heterocycles. The number of para-hydroxylation sites is 1. The van der Waals surface area contributed by atoms with E-state index in [0.29, 0.717) is 18.1 Å². The van der Waals surface area contributed by atoms with Crippen LogP contribution in [0.15, 0.2) is 18.2 Å². The topological polar surface area (TPSA) is 46.2 Å². The van der Waals surface area contributed by atoms with Gasteiger partial charge in [0.15, 0.2) is 25.1 Å². The Bertz CT molecular complexity index is 354. The van der Waals surface area contributed by atoms with E-state index in [0.717, 1.165) is 18.4 Å². The molecule has 0 heterocycles. The molecule has 0 fully saturated rings. The quantitative estimate of drug-likeness (QED) is 0.482. The average molecular weight is 270 g/mol. The minimum Gasteiger partial charge on any atom is -0.464 e. The van der Waals surface area contributed by atoms with Crippen molar-refractivity contribution in [2.45, 2.75) is 12.8 Å². The summed E-state index contributed by atoms with van der Waals surface area (Å²) < 4.78 is 26.0. The molecule has 5 nitrogen and oxygen atoms in total. The molecular weight excluding hydrogens is 248 g/mol. The summed E-state index contributed by atoms with van der Waals surface area (Å²) in [6.07, 6.45) is 1.78. The van der Waals surface area contributed by atoms with E-state index in [1.165, 1.54) is 0 Å². The molecule has 0 radical (unpaired) electrons. The van der Waals surface area contributed by atoms with Gasteiger partial charge in [-0.15, -0.1) is 0 Å². The van der Waals surface area contributed by atoms with Gasteiger partial charge < -0.3 is 23.7 Å². The third kappa shape index (κ3) is 5.46. The molecule has 0 unspecified atom stereocenters. The number of aryl methyl sites for hydroxylation is 1. The fourth-order valence-electron chi connectivity index (χ4n) is 1.68. The van der Waals surface area contributed by atoms with Gasteiger partial charge in [0, 0.05) is 27.9 Å². The molecule has 5 heteroatoms. The Hall–Kier alpha value is -1.30. The molecule has 108 valence electrons. The van der Waals surface area contributed by atoms with Gasteiger partial charge >= 0.3 is 0 Å². The second-order valence-corrected chi connectivity index (χ2v) is 3.94. The smallest absolute Gasteiger partial charge is 0.188 e. The second kappa shape index (κ2) is 9.61. The van der Waals surface area contributed by atoms with Gasteiger partial charge in [0.1, 0.15) is 0 Å². The first-order valence-corrected chi connectivity index (χ1v) is 6.17. The first kappa shape index (κ1) is 15.8. The SMILES string of the molecule is COCCCc1cccc(OCOC)c1OCOC. The molecule has 0 aliphatic heterocycles. The third-order valence-corrected chi connectivity index (χ3v) is 2.51. The molecular formula is C14H22O5. The lowest BCUT2D eigenvalue weighted by molar-refractivity contribution is 0.0316. The normalized spacial score (nSPS) is 10.5. The summed E-state index contributed by atoms with van der Waals surface area (Å²) in [5.74, 6) is 1.37. The summed E-state index contributed by atoms with van der Waals surface area (Å²) in [5.41, 5.74) is 1.07. The fourth-order valence-corrected chi connectivity index (χ4v) is 1.68. The van der Waals surface area contributed by atoms with Crippen LogP contribution in [-0.2, 0) is 20.6 Å². The first-order valence-electron chi connectivity index (χ1n) is 6.17. The van der Waals surface area contributed by atoms with E-state index >= 15 is 0 Å². The minimum atomic E-state index is 0.185. The van der Waals surface area contributed by atoms with Crippen LogP contribution in [0.3, 0.4) is 0 Å². The largest absolute Gasteiger partial charge is 0.464 e. The number of ether oxygens (including phenoxy) is 5. The molecule has 0 amide bonds. The van der Waals surface area contributed by atoms with Crippen LogP contribution in [-0.4, -0.2) is 41.5 Å². The van der Waals surface area contributed by atoms with Crippen LogP contribution in [0.4, 0.5) is 0 Å². The number of hydrogen-bond donors (Lipinski definition) is 0. The Morgan fingerprint density at radius 3 is 2.32 bits per heavy atom. The Kier molecular flexibility index (Phi) is 7.97. The average Bonchev–Trinajstić information content (AvgIpc) is 2.44. The maximum absolute atomic E-state index is 5.60. The number of methoxy groups -OCH3 is 3. The van der Waals surface area contributed by atoms with E-state index in [1.807, 2.05) is 18.2 Å².